The fraction of sp³-hybridized carbons (Fsp3) is 0.0909. The van der Waals surface area contributed by atoms with E-state index in [1.54, 1.807) is 0 Å². The van der Waals surface area contributed by atoms with Crippen molar-refractivity contribution in [1.82, 2.24) is 10.2 Å². The molecule has 1 aromatic heterocycles. The zero-order chi connectivity index (χ0) is 9.38. The summed E-state index contributed by atoms with van der Waals surface area (Å²) in [6.45, 7) is 0.709. The fourth-order valence-electron chi connectivity index (χ4n) is 1.74. The predicted molar refractivity (Wildman–Crippen MR) is 55.3 cm³/mol. The van der Waals surface area contributed by atoms with Crippen molar-refractivity contribution in [1.29, 1.82) is 0 Å². The van der Waals surface area contributed by atoms with E-state index in [9.17, 15) is 0 Å². The quantitative estimate of drug-likeness (QED) is 0.666. The van der Waals surface area contributed by atoms with E-state index >= 15 is 0 Å². The molecule has 0 amide bonds. The highest BCUT2D eigenvalue weighted by Crippen LogP contribution is 2.26. The van der Waals surface area contributed by atoms with Crippen molar-refractivity contribution in [3.05, 3.63) is 41.6 Å². The maximum absolute atomic E-state index is 4.34. The van der Waals surface area contributed by atoms with E-state index in [1.807, 2.05) is 24.5 Å². The molecule has 0 saturated carbocycles. The summed E-state index contributed by atoms with van der Waals surface area (Å²) in [6.07, 6.45) is 3.76. The fourth-order valence-corrected chi connectivity index (χ4v) is 1.74. The van der Waals surface area contributed by atoms with Gasteiger partial charge < -0.3 is 0 Å². The lowest BCUT2D eigenvalue weighted by Gasteiger charge is -2.01. The first-order chi connectivity index (χ1) is 6.95. The molecule has 3 rings (SSSR count). The van der Waals surface area contributed by atoms with Gasteiger partial charge in [0.05, 0.1) is 18.4 Å². The summed E-state index contributed by atoms with van der Waals surface area (Å²) in [5.74, 6) is 0. The van der Waals surface area contributed by atoms with E-state index < -0.39 is 0 Å². The van der Waals surface area contributed by atoms with Crippen LogP contribution >= 0.6 is 0 Å². The third kappa shape index (κ3) is 0.988. The van der Waals surface area contributed by atoms with E-state index in [0.717, 1.165) is 16.8 Å². The van der Waals surface area contributed by atoms with Crippen LogP contribution in [-0.2, 0) is 6.54 Å². The largest absolute Gasteiger partial charge is 0.288 e. The average Bonchev–Trinajstić information content (AvgIpc) is 2.61. The molecule has 2 heterocycles. The van der Waals surface area contributed by atoms with Crippen molar-refractivity contribution in [3.63, 3.8) is 0 Å². The highest BCUT2D eigenvalue weighted by Gasteiger charge is 2.12. The second-order valence-electron chi connectivity index (χ2n) is 3.33. The van der Waals surface area contributed by atoms with Crippen molar-refractivity contribution < 1.29 is 0 Å². The number of hydrogen-bond donors (Lipinski definition) is 1. The van der Waals surface area contributed by atoms with Crippen LogP contribution in [0.2, 0.25) is 0 Å². The molecule has 14 heavy (non-hydrogen) atoms. The molecule has 3 nitrogen and oxygen atoms in total. The zero-order valence-electron chi connectivity index (χ0n) is 7.57. The molecule has 0 saturated heterocycles. The van der Waals surface area contributed by atoms with Crippen LogP contribution in [0.25, 0.3) is 11.3 Å². The number of benzene rings is 1. The van der Waals surface area contributed by atoms with Gasteiger partial charge in [0.15, 0.2) is 0 Å². The summed E-state index contributed by atoms with van der Waals surface area (Å²) in [5.41, 5.74) is 4.58. The van der Waals surface area contributed by atoms with Crippen LogP contribution in [-0.4, -0.2) is 16.4 Å². The van der Waals surface area contributed by atoms with Gasteiger partial charge in [0, 0.05) is 22.9 Å². The number of aromatic amines is 1. The Hall–Kier alpha value is -1.90. The summed E-state index contributed by atoms with van der Waals surface area (Å²) < 4.78 is 0. The van der Waals surface area contributed by atoms with Crippen LogP contribution in [0, 0.1) is 0 Å². The van der Waals surface area contributed by atoms with Crippen LogP contribution in [0.1, 0.15) is 11.1 Å². The zero-order valence-corrected chi connectivity index (χ0v) is 7.57. The lowest BCUT2D eigenvalue weighted by atomic mass is 10.0. The molecule has 3 heteroatoms. The molecule has 0 atom stereocenters. The maximum Gasteiger partial charge on any atom is 0.0707 e. The number of fused-ring (bicyclic) bond motifs is 3. The molecule has 0 spiro atoms. The van der Waals surface area contributed by atoms with E-state index in [1.165, 1.54) is 5.56 Å². The molecule has 1 aliphatic rings. The molecule has 0 fully saturated rings. The Labute approximate surface area is 81.5 Å². The van der Waals surface area contributed by atoms with Crippen molar-refractivity contribution in [2.75, 3.05) is 0 Å². The van der Waals surface area contributed by atoms with Gasteiger partial charge in [0.2, 0.25) is 0 Å². The molecule has 1 aromatic carbocycles. The number of nitrogens with one attached hydrogen (secondary N) is 1. The number of rotatable bonds is 0. The first-order valence-electron chi connectivity index (χ1n) is 4.56. The highest BCUT2D eigenvalue weighted by atomic mass is 15.1. The second-order valence-corrected chi connectivity index (χ2v) is 3.33. The van der Waals surface area contributed by atoms with Crippen molar-refractivity contribution in [2.24, 2.45) is 4.99 Å². The molecule has 1 aliphatic heterocycles. The Bertz CT molecular complexity index is 497. The topological polar surface area (TPSA) is 41.0 Å². The summed E-state index contributed by atoms with van der Waals surface area (Å²) in [7, 11) is 0. The highest BCUT2D eigenvalue weighted by molar-refractivity contribution is 5.91. The lowest BCUT2D eigenvalue weighted by molar-refractivity contribution is 1.08. The number of aliphatic imine (C=N–C) groups is 1. The molecule has 1 N–H and O–H groups in total. The summed E-state index contributed by atoms with van der Waals surface area (Å²) >= 11 is 0. The van der Waals surface area contributed by atoms with Crippen LogP contribution in [0.15, 0.2) is 35.5 Å². The normalized spacial score (nSPS) is 13.1. The van der Waals surface area contributed by atoms with Gasteiger partial charge in [0.25, 0.3) is 0 Å². The molecule has 0 unspecified atom stereocenters. The minimum Gasteiger partial charge on any atom is -0.288 e. The summed E-state index contributed by atoms with van der Waals surface area (Å²) in [5, 5.41) is 7.07. The van der Waals surface area contributed by atoms with Gasteiger partial charge in [-0.3, -0.25) is 10.1 Å². The molecule has 2 aromatic rings. The molecule has 0 bridgehead atoms. The van der Waals surface area contributed by atoms with E-state index in [-0.39, 0.29) is 0 Å². The minimum absolute atomic E-state index is 0.709. The SMILES string of the molecule is C1=NCc2cn[nH]c2-c2ccccc21. The lowest BCUT2D eigenvalue weighted by Crippen LogP contribution is -1.86. The Kier molecular flexibility index (Phi) is 1.50. The predicted octanol–water partition coefficient (Wildman–Crippen LogP) is 2.01. The Morgan fingerprint density at radius 1 is 1.21 bits per heavy atom. The van der Waals surface area contributed by atoms with Crippen LogP contribution in [0.4, 0.5) is 0 Å². The van der Waals surface area contributed by atoms with E-state index in [2.05, 4.69) is 27.3 Å². The molecular formula is C11H9N3. The number of H-pyrrole nitrogens is 1. The van der Waals surface area contributed by atoms with Crippen molar-refractivity contribution in [2.45, 2.75) is 6.54 Å². The first kappa shape index (κ1) is 7.50. The monoisotopic (exact) mass is 183 g/mol. The Morgan fingerprint density at radius 3 is 3.14 bits per heavy atom. The summed E-state index contributed by atoms with van der Waals surface area (Å²) in [6, 6.07) is 8.20. The van der Waals surface area contributed by atoms with Crippen molar-refractivity contribution in [3.8, 4) is 11.3 Å². The maximum atomic E-state index is 4.34. The molecule has 68 valence electrons. The first-order valence-corrected chi connectivity index (χ1v) is 4.56. The third-order valence-corrected chi connectivity index (χ3v) is 2.44. The standard InChI is InChI=1S/C11H9N3/c1-2-4-10-8(3-1)5-12-6-9-7-13-14-11(9)10/h1-5,7H,6H2,(H,13,14). The number of aromatic nitrogens is 2. The van der Waals surface area contributed by atoms with Gasteiger partial charge in [-0.2, -0.15) is 5.10 Å². The van der Waals surface area contributed by atoms with E-state index in [4.69, 9.17) is 0 Å². The van der Waals surface area contributed by atoms with Gasteiger partial charge in [-0.1, -0.05) is 24.3 Å². The second kappa shape index (κ2) is 2.80. The van der Waals surface area contributed by atoms with E-state index in [0.29, 0.717) is 6.54 Å². The van der Waals surface area contributed by atoms with Crippen LogP contribution < -0.4 is 0 Å². The minimum atomic E-state index is 0.709. The smallest absolute Gasteiger partial charge is 0.0707 e. The van der Waals surface area contributed by atoms with Gasteiger partial charge >= 0.3 is 0 Å². The number of hydrogen-bond acceptors (Lipinski definition) is 2. The number of nitrogens with zero attached hydrogens (tertiary/aromatic N) is 2. The van der Waals surface area contributed by atoms with Gasteiger partial charge in [-0.05, 0) is 0 Å². The molecule has 0 radical (unpaired) electrons. The van der Waals surface area contributed by atoms with Gasteiger partial charge in [-0.15, -0.1) is 0 Å². The Balaban J connectivity index is 2.34. The average molecular weight is 183 g/mol. The molecule has 0 aliphatic carbocycles. The van der Waals surface area contributed by atoms with Crippen LogP contribution in [0.5, 0.6) is 0 Å². The van der Waals surface area contributed by atoms with Gasteiger partial charge in [-0.25, -0.2) is 0 Å². The summed E-state index contributed by atoms with van der Waals surface area (Å²) in [4.78, 5) is 4.34. The van der Waals surface area contributed by atoms with Gasteiger partial charge in [0.1, 0.15) is 0 Å². The third-order valence-electron chi connectivity index (χ3n) is 2.44. The van der Waals surface area contributed by atoms with Crippen LogP contribution in [0.3, 0.4) is 0 Å². The molecular weight excluding hydrogens is 174 g/mol. The Morgan fingerprint density at radius 2 is 2.14 bits per heavy atom. The van der Waals surface area contributed by atoms with Crippen molar-refractivity contribution >= 4 is 6.21 Å².